The molecule has 106 valence electrons. The van der Waals surface area contributed by atoms with Crippen LogP contribution in [-0.2, 0) is 4.74 Å². The van der Waals surface area contributed by atoms with Crippen molar-refractivity contribution in [3.8, 4) is 0 Å². The van der Waals surface area contributed by atoms with E-state index in [0.717, 1.165) is 13.2 Å². The van der Waals surface area contributed by atoms with Gasteiger partial charge in [0.2, 0.25) is 0 Å². The van der Waals surface area contributed by atoms with Gasteiger partial charge in [-0.15, -0.1) is 11.3 Å². The summed E-state index contributed by atoms with van der Waals surface area (Å²) in [5, 5.41) is 4.46. The van der Waals surface area contributed by atoms with Gasteiger partial charge in [0.25, 0.3) is 0 Å². The maximum Gasteiger partial charge on any atom is 0.185 e. The Kier molecular flexibility index (Phi) is 4.05. The molecule has 1 saturated heterocycles. The molecule has 1 N–H and O–H groups in total. The summed E-state index contributed by atoms with van der Waals surface area (Å²) in [6.45, 7) is 4.01. The maximum absolute atomic E-state index is 5.93. The summed E-state index contributed by atoms with van der Waals surface area (Å²) < 4.78 is 5.93. The zero-order valence-corrected chi connectivity index (χ0v) is 12.6. The fourth-order valence-electron chi connectivity index (χ4n) is 3.09. The zero-order chi connectivity index (χ0) is 13.2. The lowest BCUT2D eigenvalue weighted by molar-refractivity contribution is -0.00868. The Morgan fingerprint density at radius 2 is 2.32 bits per heavy atom. The lowest BCUT2D eigenvalue weighted by Gasteiger charge is -2.43. The molecule has 2 heterocycles. The molecule has 1 aliphatic carbocycles. The van der Waals surface area contributed by atoms with Gasteiger partial charge >= 0.3 is 0 Å². The Morgan fingerprint density at radius 1 is 1.47 bits per heavy atom. The summed E-state index contributed by atoms with van der Waals surface area (Å²) >= 11 is 1.82. The van der Waals surface area contributed by atoms with E-state index in [9.17, 15) is 0 Å². The summed E-state index contributed by atoms with van der Waals surface area (Å²) in [6, 6.07) is 0.931. The number of hydrogen-bond donors (Lipinski definition) is 1. The molecule has 5 heteroatoms. The number of aromatic nitrogens is 1. The SMILES string of the molecule is CNC(C)c1cnc(N2CCOC3CCCCC32)s1. The van der Waals surface area contributed by atoms with E-state index in [2.05, 4.69) is 22.1 Å². The predicted octanol–water partition coefficient (Wildman–Crippen LogP) is 2.57. The molecule has 1 aromatic rings. The number of nitrogens with one attached hydrogen (secondary N) is 1. The Morgan fingerprint density at radius 3 is 3.16 bits per heavy atom. The molecule has 1 aromatic heterocycles. The minimum absolute atomic E-state index is 0.384. The first-order valence-electron chi connectivity index (χ1n) is 7.31. The predicted molar refractivity (Wildman–Crippen MR) is 78.9 cm³/mol. The topological polar surface area (TPSA) is 37.4 Å². The highest BCUT2D eigenvalue weighted by Gasteiger charge is 2.35. The highest BCUT2D eigenvalue weighted by molar-refractivity contribution is 7.15. The Bertz CT molecular complexity index is 421. The summed E-state index contributed by atoms with van der Waals surface area (Å²) in [5.74, 6) is 0. The number of nitrogens with zero attached hydrogens (tertiary/aromatic N) is 2. The van der Waals surface area contributed by atoms with Gasteiger partial charge in [-0.2, -0.15) is 0 Å². The normalized spacial score (nSPS) is 29.1. The molecule has 4 nitrogen and oxygen atoms in total. The molecule has 3 atom stereocenters. The summed E-state index contributed by atoms with van der Waals surface area (Å²) in [6.07, 6.45) is 7.56. The van der Waals surface area contributed by atoms with E-state index in [-0.39, 0.29) is 0 Å². The van der Waals surface area contributed by atoms with E-state index in [1.807, 2.05) is 24.6 Å². The molecule has 1 saturated carbocycles. The van der Waals surface area contributed by atoms with Crippen molar-refractivity contribution in [3.63, 3.8) is 0 Å². The number of anilines is 1. The minimum atomic E-state index is 0.384. The van der Waals surface area contributed by atoms with Gasteiger partial charge in [0, 0.05) is 23.7 Å². The van der Waals surface area contributed by atoms with Crippen LogP contribution in [0, 0.1) is 0 Å². The second-order valence-corrected chi connectivity index (χ2v) is 6.55. The zero-order valence-electron chi connectivity index (χ0n) is 11.8. The van der Waals surface area contributed by atoms with Crippen LogP contribution in [0.5, 0.6) is 0 Å². The molecular weight excluding hydrogens is 258 g/mol. The quantitative estimate of drug-likeness (QED) is 0.924. The first-order valence-corrected chi connectivity index (χ1v) is 8.12. The number of ether oxygens (including phenoxy) is 1. The van der Waals surface area contributed by atoms with Crippen LogP contribution in [0.15, 0.2) is 6.20 Å². The third kappa shape index (κ3) is 2.64. The van der Waals surface area contributed by atoms with Crippen LogP contribution < -0.4 is 10.2 Å². The van der Waals surface area contributed by atoms with E-state index >= 15 is 0 Å². The average Bonchev–Trinajstić information content (AvgIpc) is 2.95. The molecule has 0 amide bonds. The second-order valence-electron chi connectivity index (χ2n) is 5.51. The molecular formula is C14H23N3OS. The number of thiazole rings is 1. The summed E-state index contributed by atoms with van der Waals surface area (Å²) in [4.78, 5) is 8.45. The maximum atomic E-state index is 5.93. The molecule has 0 bridgehead atoms. The highest BCUT2D eigenvalue weighted by atomic mass is 32.1. The van der Waals surface area contributed by atoms with Crippen molar-refractivity contribution in [2.75, 3.05) is 25.1 Å². The number of morpholine rings is 1. The molecule has 3 rings (SSSR count). The lowest BCUT2D eigenvalue weighted by atomic mass is 9.90. The van der Waals surface area contributed by atoms with Crippen molar-refractivity contribution in [3.05, 3.63) is 11.1 Å². The summed E-state index contributed by atoms with van der Waals surface area (Å²) in [7, 11) is 2.00. The van der Waals surface area contributed by atoms with E-state index in [1.54, 1.807) is 0 Å². The smallest absolute Gasteiger partial charge is 0.185 e. The monoisotopic (exact) mass is 281 g/mol. The van der Waals surface area contributed by atoms with Crippen LogP contribution in [0.1, 0.15) is 43.5 Å². The van der Waals surface area contributed by atoms with Crippen LogP contribution in [0.3, 0.4) is 0 Å². The Hall–Kier alpha value is -0.650. The van der Waals surface area contributed by atoms with Gasteiger partial charge in [0.1, 0.15) is 0 Å². The van der Waals surface area contributed by atoms with Crippen molar-refractivity contribution in [1.82, 2.24) is 10.3 Å². The van der Waals surface area contributed by atoms with Crippen molar-refractivity contribution < 1.29 is 4.74 Å². The standard InChI is InChI=1S/C14H23N3OS/c1-10(15-2)13-9-16-14(19-13)17-7-8-18-12-6-4-3-5-11(12)17/h9-12,15H,3-8H2,1-2H3. The largest absolute Gasteiger partial charge is 0.374 e. The first-order chi connectivity index (χ1) is 9.29. The summed E-state index contributed by atoms with van der Waals surface area (Å²) in [5.41, 5.74) is 0. The van der Waals surface area contributed by atoms with Crippen molar-refractivity contribution in [2.45, 2.75) is 50.8 Å². The van der Waals surface area contributed by atoms with Gasteiger partial charge in [-0.25, -0.2) is 4.98 Å². The lowest BCUT2D eigenvalue weighted by Crippen LogP contribution is -2.52. The number of fused-ring (bicyclic) bond motifs is 1. The van der Waals surface area contributed by atoms with Crippen LogP contribution in [0.25, 0.3) is 0 Å². The molecule has 1 aliphatic heterocycles. The van der Waals surface area contributed by atoms with E-state index in [1.165, 1.54) is 35.7 Å². The molecule has 0 radical (unpaired) electrons. The van der Waals surface area contributed by atoms with Crippen LogP contribution >= 0.6 is 11.3 Å². The third-order valence-electron chi connectivity index (χ3n) is 4.35. The molecule has 3 unspecified atom stereocenters. The van der Waals surface area contributed by atoms with Crippen molar-refractivity contribution in [2.24, 2.45) is 0 Å². The molecule has 0 spiro atoms. The fourth-order valence-corrected chi connectivity index (χ4v) is 4.15. The molecule has 0 aromatic carbocycles. The fraction of sp³-hybridized carbons (Fsp3) is 0.786. The van der Waals surface area contributed by atoms with Crippen LogP contribution in [0.2, 0.25) is 0 Å². The van der Waals surface area contributed by atoms with Gasteiger partial charge in [-0.3, -0.25) is 0 Å². The number of hydrogen-bond acceptors (Lipinski definition) is 5. The van der Waals surface area contributed by atoms with Crippen molar-refractivity contribution in [1.29, 1.82) is 0 Å². The first kappa shape index (κ1) is 13.3. The van der Waals surface area contributed by atoms with Crippen LogP contribution in [0.4, 0.5) is 5.13 Å². The van der Waals surface area contributed by atoms with E-state index in [4.69, 9.17) is 4.74 Å². The van der Waals surface area contributed by atoms with Gasteiger partial charge in [-0.05, 0) is 26.8 Å². The van der Waals surface area contributed by atoms with Gasteiger partial charge in [0.15, 0.2) is 5.13 Å². The molecule has 2 fully saturated rings. The van der Waals surface area contributed by atoms with Gasteiger partial charge in [0.05, 0.1) is 18.8 Å². The van der Waals surface area contributed by atoms with E-state index in [0.29, 0.717) is 18.2 Å². The molecule has 19 heavy (non-hydrogen) atoms. The number of rotatable bonds is 3. The van der Waals surface area contributed by atoms with Gasteiger partial charge in [-0.1, -0.05) is 12.8 Å². The third-order valence-corrected chi connectivity index (χ3v) is 5.57. The van der Waals surface area contributed by atoms with E-state index < -0.39 is 0 Å². The minimum Gasteiger partial charge on any atom is -0.374 e. The highest BCUT2D eigenvalue weighted by Crippen LogP contribution is 2.35. The Labute approximate surface area is 119 Å². The molecule has 2 aliphatic rings. The van der Waals surface area contributed by atoms with Crippen LogP contribution in [-0.4, -0.2) is 37.3 Å². The van der Waals surface area contributed by atoms with Gasteiger partial charge < -0.3 is 15.0 Å². The average molecular weight is 281 g/mol. The second kappa shape index (κ2) is 5.77. The Balaban J connectivity index is 1.78. The van der Waals surface area contributed by atoms with Crippen molar-refractivity contribution >= 4 is 16.5 Å².